The van der Waals surface area contributed by atoms with Gasteiger partial charge >= 0.3 is 0 Å². The smallest absolute Gasteiger partial charge is 0.223 e. The van der Waals surface area contributed by atoms with Crippen molar-refractivity contribution in [3.8, 4) is 0 Å². The van der Waals surface area contributed by atoms with E-state index in [9.17, 15) is 4.79 Å². The van der Waals surface area contributed by atoms with Crippen molar-refractivity contribution in [3.05, 3.63) is 21.3 Å². The Morgan fingerprint density at radius 3 is 2.83 bits per heavy atom. The summed E-state index contributed by atoms with van der Waals surface area (Å²) in [5, 5.41) is 2.98. The fourth-order valence-corrected chi connectivity index (χ4v) is 3.47. The van der Waals surface area contributed by atoms with Crippen LogP contribution in [0.15, 0.2) is 12.1 Å². The number of halogens is 1. The van der Waals surface area contributed by atoms with Crippen LogP contribution in [0, 0.1) is 5.92 Å². The highest BCUT2D eigenvalue weighted by Crippen LogP contribution is 2.29. The van der Waals surface area contributed by atoms with Gasteiger partial charge in [-0.05, 0) is 25.0 Å². The van der Waals surface area contributed by atoms with Gasteiger partial charge < -0.3 is 10.1 Å². The summed E-state index contributed by atoms with van der Waals surface area (Å²) in [5.74, 6) is 0.367. The Hall–Kier alpha value is -0.580. The standard InChI is InChI=1S/C13H18ClNO2S/c1-17-10(11-6-7-12(14)18-11)8-15-13(16)9-4-2-3-5-9/h6-7,9-10H,2-5,8H2,1H3,(H,15,16)/t10-/m1/s1. The third kappa shape index (κ3) is 3.46. The van der Waals surface area contributed by atoms with E-state index >= 15 is 0 Å². The molecule has 0 bridgehead atoms. The summed E-state index contributed by atoms with van der Waals surface area (Å²) in [4.78, 5) is 13.0. The summed E-state index contributed by atoms with van der Waals surface area (Å²) in [6.45, 7) is 0.517. The van der Waals surface area contributed by atoms with Gasteiger partial charge in [0, 0.05) is 24.4 Å². The molecule has 0 saturated heterocycles. The van der Waals surface area contributed by atoms with Gasteiger partial charge in [-0.3, -0.25) is 4.79 Å². The zero-order valence-corrected chi connectivity index (χ0v) is 12.0. The molecule has 0 spiro atoms. The minimum Gasteiger partial charge on any atom is -0.374 e. The van der Waals surface area contributed by atoms with Crippen LogP contribution >= 0.6 is 22.9 Å². The predicted molar refractivity (Wildman–Crippen MR) is 74.0 cm³/mol. The molecule has 1 N–H and O–H groups in total. The van der Waals surface area contributed by atoms with Gasteiger partial charge in [-0.25, -0.2) is 0 Å². The van der Waals surface area contributed by atoms with E-state index in [2.05, 4.69) is 5.32 Å². The number of ether oxygens (including phenoxy) is 1. The van der Waals surface area contributed by atoms with Crippen molar-refractivity contribution in [1.29, 1.82) is 0 Å². The molecule has 0 aliphatic heterocycles. The highest BCUT2D eigenvalue weighted by Gasteiger charge is 2.23. The van der Waals surface area contributed by atoms with Crippen molar-refractivity contribution in [3.63, 3.8) is 0 Å². The first kappa shape index (κ1) is 13.8. The second kappa shape index (κ2) is 6.55. The fraction of sp³-hybridized carbons (Fsp3) is 0.615. The first-order chi connectivity index (χ1) is 8.70. The van der Waals surface area contributed by atoms with Crippen LogP contribution < -0.4 is 5.32 Å². The van der Waals surface area contributed by atoms with Crippen molar-refractivity contribution in [2.75, 3.05) is 13.7 Å². The number of carbonyl (C=O) groups excluding carboxylic acids is 1. The monoisotopic (exact) mass is 287 g/mol. The Kier molecular flexibility index (Phi) is 5.03. The van der Waals surface area contributed by atoms with Gasteiger partial charge in [0.1, 0.15) is 6.10 Å². The molecule has 1 saturated carbocycles. The van der Waals surface area contributed by atoms with E-state index in [-0.39, 0.29) is 17.9 Å². The van der Waals surface area contributed by atoms with Crippen molar-refractivity contribution < 1.29 is 9.53 Å². The number of nitrogens with one attached hydrogen (secondary N) is 1. The molecular formula is C13H18ClNO2S. The number of carbonyl (C=O) groups is 1. The maximum atomic E-state index is 11.9. The first-order valence-electron chi connectivity index (χ1n) is 6.26. The summed E-state index contributed by atoms with van der Waals surface area (Å²) in [5.41, 5.74) is 0. The predicted octanol–water partition coefficient (Wildman–Crippen LogP) is 3.40. The molecule has 1 amide bonds. The Morgan fingerprint density at radius 2 is 2.28 bits per heavy atom. The molecule has 100 valence electrons. The third-order valence-electron chi connectivity index (χ3n) is 3.38. The van der Waals surface area contributed by atoms with E-state index in [1.54, 1.807) is 7.11 Å². The molecule has 0 aromatic carbocycles. The van der Waals surface area contributed by atoms with E-state index in [0.717, 1.165) is 22.1 Å². The molecular weight excluding hydrogens is 270 g/mol. The minimum atomic E-state index is -0.104. The summed E-state index contributed by atoms with van der Waals surface area (Å²) >= 11 is 7.40. The SMILES string of the molecule is CO[C@H](CNC(=O)C1CCCC1)c1ccc(Cl)s1. The van der Waals surface area contributed by atoms with Crippen LogP contribution in [0.5, 0.6) is 0 Å². The van der Waals surface area contributed by atoms with E-state index in [4.69, 9.17) is 16.3 Å². The molecule has 1 heterocycles. The number of thiophene rings is 1. The van der Waals surface area contributed by atoms with Crippen LogP contribution in [0.25, 0.3) is 0 Å². The molecule has 1 aromatic heterocycles. The number of rotatable bonds is 5. The molecule has 1 aliphatic carbocycles. The first-order valence-corrected chi connectivity index (χ1v) is 7.46. The van der Waals surface area contributed by atoms with E-state index in [1.807, 2.05) is 12.1 Å². The van der Waals surface area contributed by atoms with Crippen molar-refractivity contribution in [2.24, 2.45) is 5.92 Å². The van der Waals surface area contributed by atoms with Crippen LogP contribution in [0.2, 0.25) is 4.34 Å². The topological polar surface area (TPSA) is 38.3 Å². The summed E-state index contributed by atoms with van der Waals surface area (Å²) in [6, 6.07) is 3.80. The Morgan fingerprint density at radius 1 is 1.56 bits per heavy atom. The van der Waals surface area contributed by atoms with Gasteiger partial charge in [0.15, 0.2) is 0 Å². The van der Waals surface area contributed by atoms with Gasteiger partial charge in [0.2, 0.25) is 5.91 Å². The molecule has 1 aliphatic rings. The van der Waals surface area contributed by atoms with Gasteiger partial charge in [0.05, 0.1) is 4.34 Å². The third-order valence-corrected chi connectivity index (χ3v) is 4.71. The lowest BCUT2D eigenvalue weighted by Crippen LogP contribution is -2.33. The van der Waals surface area contributed by atoms with Gasteiger partial charge in [0.25, 0.3) is 0 Å². The van der Waals surface area contributed by atoms with E-state index in [0.29, 0.717) is 6.54 Å². The van der Waals surface area contributed by atoms with Crippen molar-refractivity contribution in [2.45, 2.75) is 31.8 Å². The fourth-order valence-electron chi connectivity index (χ4n) is 2.33. The highest BCUT2D eigenvalue weighted by molar-refractivity contribution is 7.16. The average Bonchev–Trinajstić information content (AvgIpc) is 3.01. The molecule has 0 radical (unpaired) electrons. The number of amides is 1. The highest BCUT2D eigenvalue weighted by atomic mass is 35.5. The van der Waals surface area contributed by atoms with Crippen molar-refractivity contribution in [1.82, 2.24) is 5.32 Å². The normalized spacial score (nSPS) is 17.9. The van der Waals surface area contributed by atoms with E-state index in [1.165, 1.54) is 24.2 Å². The van der Waals surface area contributed by atoms with Gasteiger partial charge in [-0.15, -0.1) is 11.3 Å². The quantitative estimate of drug-likeness (QED) is 0.901. The molecule has 1 atom stereocenters. The van der Waals surface area contributed by atoms with E-state index < -0.39 is 0 Å². The van der Waals surface area contributed by atoms with Gasteiger partial charge in [-0.1, -0.05) is 24.4 Å². The number of hydrogen-bond donors (Lipinski definition) is 1. The van der Waals surface area contributed by atoms with Crippen LogP contribution in [0.3, 0.4) is 0 Å². The van der Waals surface area contributed by atoms with Crippen molar-refractivity contribution >= 4 is 28.8 Å². The molecule has 0 unspecified atom stereocenters. The molecule has 2 rings (SSSR count). The summed E-state index contributed by atoms with van der Waals surface area (Å²) in [6.07, 6.45) is 4.29. The maximum Gasteiger partial charge on any atom is 0.223 e. The zero-order valence-electron chi connectivity index (χ0n) is 10.4. The zero-order chi connectivity index (χ0) is 13.0. The molecule has 1 fully saturated rings. The second-order valence-electron chi connectivity index (χ2n) is 4.59. The Labute approximate surface area is 116 Å². The second-order valence-corrected chi connectivity index (χ2v) is 6.34. The molecule has 18 heavy (non-hydrogen) atoms. The number of hydrogen-bond acceptors (Lipinski definition) is 3. The van der Waals surface area contributed by atoms with Crippen LogP contribution in [-0.4, -0.2) is 19.6 Å². The van der Waals surface area contributed by atoms with Crippen LogP contribution in [0.4, 0.5) is 0 Å². The summed E-state index contributed by atoms with van der Waals surface area (Å²) < 4.78 is 6.14. The molecule has 1 aromatic rings. The molecule has 5 heteroatoms. The number of methoxy groups -OCH3 is 1. The minimum absolute atomic E-state index is 0.104. The largest absolute Gasteiger partial charge is 0.374 e. The maximum absolute atomic E-state index is 11.9. The Bertz CT molecular complexity index is 401. The molecule has 3 nitrogen and oxygen atoms in total. The van der Waals surface area contributed by atoms with Crippen LogP contribution in [0.1, 0.15) is 36.7 Å². The lowest BCUT2D eigenvalue weighted by Gasteiger charge is -2.16. The average molecular weight is 288 g/mol. The van der Waals surface area contributed by atoms with Crippen LogP contribution in [-0.2, 0) is 9.53 Å². The Balaban J connectivity index is 1.85. The lowest BCUT2D eigenvalue weighted by molar-refractivity contribution is -0.125. The van der Waals surface area contributed by atoms with Gasteiger partial charge in [-0.2, -0.15) is 0 Å². The summed E-state index contributed by atoms with van der Waals surface area (Å²) in [7, 11) is 1.65. The lowest BCUT2D eigenvalue weighted by atomic mass is 10.1.